The lowest BCUT2D eigenvalue weighted by Gasteiger charge is -2.33. The van der Waals surface area contributed by atoms with Crippen molar-refractivity contribution in [2.24, 2.45) is 0 Å². The van der Waals surface area contributed by atoms with Crippen LogP contribution in [0.1, 0.15) is 50.2 Å². The third-order valence-corrected chi connectivity index (χ3v) is 6.79. The molecule has 0 saturated heterocycles. The van der Waals surface area contributed by atoms with Crippen molar-refractivity contribution in [3.8, 4) is 0 Å². The minimum Gasteiger partial charge on any atom is -0.464 e. The summed E-state index contributed by atoms with van der Waals surface area (Å²) in [4.78, 5) is 39.7. The SMILES string of the molecule is CCSCCOC(=O)C1=C(C)NC2=C(C(=O)CCC2)[C@H]1c1coc2ccc(C)cc2c1=O. The Balaban J connectivity index is 1.84. The van der Waals surface area contributed by atoms with E-state index >= 15 is 0 Å². The van der Waals surface area contributed by atoms with Crippen molar-refractivity contribution >= 4 is 34.5 Å². The van der Waals surface area contributed by atoms with Crippen molar-refractivity contribution in [3.05, 3.63) is 68.4 Å². The van der Waals surface area contributed by atoms with E-state index < -0.39 is 11.9 Å². The van der Waals surface area contributed by atoms with Crippen LogP contribution in [-0.4, -0.2) is 29.9 Å². The second-order valence-corrected chi connectivity index (χ2v) is 9.51. The van der Waals surface area contributed by atoms with Gasteiger partial charge in [-0.3, -0.25) is 9.59 Å². The number of nitrogens with one attached hydrogen (secondary N) is 1. The summed E-state index contributed by atoms with van der Waals surface area (Å²) >= 11 is 1.68. The lowest BCUT2D eigenvalue weighted by Crippen LogP contribution is -2.36. The van der Waals surface area contributed by atoms with Crippen LogP contribution in [0.4, 0.5) is 0 Å². The molecule has 1 aromatic carbocycles. The highest BCUT2D eigenvalue weighted by Crippen LogP contribution is 2.42. The number of allylic oxidation sites excluding steroid dienone is 3. The quantitative estimate of drug-likeness (QED) is 0.514. The molecular weight excluding hydrogens is 426 g/mol. The molecule has 2 heterocycles. The molecule has 2 aliphatic rings. The largest absolute Gasteiger partial charge is 0.464 e. The number of esters is 1. The minimum absolute atomic E-state index is 0.0492. The molecule has 4 rings (SSSR count). The Hall–Kier alpha value is -2.80. The number of Topliss-reactive ketones (excluding diaryl/α,β-unsaturated/α-hetero) is 1. The molecule has 1 aliphatic heterocycles. The van der Waals surface area contributed by atoms with Crippen LogP contribution in [0.3, 0.4) is 0 Å². The van der Waals surface area contributed by atoms with Crippen LogP contribution >= 0.6 is 11.8 Å². The van der Waals surface area contributed by atoms with Crippen LogP contribution in [0, 0.1) is 6.92 Å². The Kier molecular flexibility index (Phi) is 6.55. The van der Waals surface area contributed by atoms with Crippen LogP contribution in [0.5, 0.6) is 0 Å². The number of carbonyl (C=O) groups is 2. The summed E-state index contributed by atoms with van der Waals surface area (Å²) in [6, 6.07) is 5.42. The third-order valence-electron chi connectivity index (χ3n) is 5.93. The van der Waals surface area contributed by atoms with Gasteiger partial charge in [-0.2, -0.15) is 11.8 Å². The highest BCUT2D eigenvalue weighted by molar-refractivity contribution is 7.99. The average Bonchev–Trinajstić information content (AvgIpc) is 2.76. The monoisotopic (exact) mass is 453 g/mol. The molecule has 6 nitrogen and oxygen atoms in total. The van der Waals surface area contributed by atoms with Gasteiger partial charge in [-0.25, -0.2) is 4.79 Å². The second-order valence-electron chi connectivity index (χ2n) is 8.12. The maximum absolute atomic E-state index is 13.5. The number of fused-ring (bicyclic) bond motifs is 1. The number of carbonyl (C=O) groups excluding carboxylic acids is 2. The van der Waals surface area contributed by atoms with Gasteiger partial charge in [0, 0.05) is 34.7 Å². The minimum atomic E-state index is -0.799. The van der Waals surface area contributed by atoms with E-state index in [1.165, 1.54) is 6.26 Å². The Morgan fingerprint density at radius 3 is 2.84 bits per heavy atom. The lowest BCUT2D eigenvalue weighted by atomic mass is 9.75. The number of rotatable bonds is 6. The maximum Gasteiger partial charge on any atom is 0.336 e. The maximum atomic E-state index is 13.5. The van der Waals surface area contributed by atoms with E-state index in [0.29, 0.717) is 52.0 Å². The number of thioether (sulfide) groups is 1. The molecule has 0 amide bonds. The molecule has 1 atom stereocenters. The van der Waals surface area contributed by atoms with Crippen molar-refractivity contribution < 1.29 is 18.7 Å². The molecule has 2 aromatic rings. The summed E-state index contributed by atoms with van der Waals surface area (Å²) in [7, 11) is 0. The summed E-state index contributed by atoms with van der Waals surface area (Å²) in [6.07, 6.45) is 3.23. The van der Waals surface area contributed by atoms with E-state index in [1.54, 1.807) is 30.8 Å². The highest BCUT2D eigenvalue weighted by Gasteiger charge is 2.40. The molecule has 0 saturated carbocycles. The molecule has 0 radical (unpaired) electrons. The van der Waals surface area contributed by atoms with E-state index in [0.717, 1.165) is 23.4 Å². The Labute approximate surface area is 191 Å². The molecule has 0 bridgehead atoms. The fraction of sp³-hybridized carbons (Fsp3) is 0.400. The van der Waals surface area contributed by atoms with Crippen molar-refractivity contribution in [1.29, 1.82) is 0 Å². The van der Waals surface area contributed by atoms with Crippen molar-refractivity contribution in [2.75, 3.05) is 18.1 Å². The zero-order valence-corrected chi connectivity index (χ0v) is 19.4. The topological polar surface area (TPSA) is 85.6 Å². The van der Waals surface area contributed by atoms with Crippen LogP contribution in [0.2, 0.25) is 0 Å². The van der Waals surface area contributed by atoms with E-state index in [-0.39, 0.29) is 17.8 Å². The summed E-state index contributed by atoms with van der Waals surface area (Å²) in [5, 5.41) is 3.69. The normalized spacial score (nSPS) is 18.6. The molecule has 0 unspecified atom stereocenters. The molecule has 168 valence electrons. The van der Waals surface area contributed by atoms with Gasteiger partial charge in [0.1, 0.15) is 12.2 Å². The average molecular weight is 454 g/mol. The van der Waals surface area contributed by atoms with Gasteiger partial charge in [0.25, 0.3) is 0 Å². The number of hydrogen-bond donors (Lipinski definition) is 1. The molecule has 0 spiro atoms. The van der Waals surface area contributed by atoms with E-state index in [9.17, 15) is 14.4 Å². The van der Waals surface area contributed by atoms with Crippen LogP contribution in [-0.2, 0) is 14.3 Å². The van der Waals surface area contributed by atoms with E-state index in [2.05, 4.69) is 5.32 Å². The lowest BCUT2D eigenvalue weighted by molar-refractivity contribution is -0.138. The van der Waals surface area contributed by atoms with Gasteiger partial charge in [-0.1, -0.05) is 18.6 Å². The molecule has 7 heteroatoms. The Bertz CT molecular complexity index is 1210. The summed E-state index contributed by atoms with van der Waals surface area (Å²) < 4.78 is 11.3. The van der Waals surface area contributed by atoms with Crippen molar-refractivity contribution in [3.63, 3.8) is 0 Å². The fourth-order valence-electron chi connectivity index (χ4n) is 4.44. The van der Waals surface area contributed by atoms with E-state index in [4.69, 9.17) is 9.15 Å². The van der Waals surface area contributed by atoms with Gasteiger partial charge >= 0.3 is 5.97 Å². The van der Waals surface area contributed by atoms with E-state index in [1.807, 2.05) is 19.9 Å². The van der Waals surface area contributed by atoms with Crippen molar-refractivity contribution in [2.45, 2.75) is 46.0 Å². The third kappa shape index (κ3) is 4.13. The molecule has 1 aliphatic carbocycles. The first-order valence-electron chi connectivity index (χ1n) is 10.9. The molecule has 1 N–H and O–H groups in total. The number of hydrogen-bond acceptors (Lipinski definition) is 7. The number of ether oxygens (including phenoxy) is 1. The number of ketones is 1. The predicted molar refractivity (Wildman–Crippen MR) is 126 cm³/mol. The first-order valence-corrected chi connectivity index (χ1v) is 12.1. The molecule has 32 heavy (non-hydrogen) atoms. The van der Waals surface area contributed by atoms with Gasteiger partial charge in [0.2, 0.25) is 0 Å². The molecular formula is C25H27NO5S. The molecule has 1 aromatic heterocycles. The van der Waals surface area contributed by atoms with Crippen LogP contribution < -0.4 is 10.7 Å². The predicted octanol–water partition coefficient (Wildman–Crippen LogP) is 4.37. The summed E-state index contributed by atoms with van der Waals surface area (Å²) in [5.41, 5.74) is 3.65. The summed E-state index contributed by atoms with van der Waals surface area (Å²) in [5.74, 6) is 0.270. The first-order chi connectivity index (χ1) is 15.4. The van der Waals surface area contributed by atoms with Crippen LogP contribution in [0.25, 0.3) is 11.0 Å². The fourth-order valence-corrected chi connectivity index (χ4v) is 4.93. The van der Waals surface area contributed by atoms with Crippen LogP contribution in [0.15, 0.2) is 56.2 Å². The Morgan fingerprint density at radius 1 is 1.25 bits per heavy atom. The highest BCUT2D eigenvalue weighted by atomic mass is 32.2. The van der Waals surface area contributed by atoms with Gasteiger partial charge in [0.15, 0.2) is 11.2 Å². The Morgan fingerprint density at radius 2 is 2.06 bits per heavy atom. The van der Waals surface area contributed by atoms with Gasteiger partial charge in [-0.15, -0.1) is 0 Å². The van der Waals surface area contributed by atoms with Gasteiger partial charge in [-0.05, 0) is 44.6 Å². The van der Waals surface area contributed by atoms with Gasteiger partial charge in [0.05, 0.1) is 23.1 Å². The molecule has 0 fully saturated rings. The number of dihydropyridines is 1. The number of benzene rings is 1. The first kappa shape index (κ1) is 22.4. The second kappa shape index (κ2) is 9.36. The van der Waals surface area contributed by atoms with Gasteiger partial charge < -0.3 is 14.5 Å². The van der Waals surface area contributed by atoms with Crippen molar-refractivity contribution in [1.82, 2.24) is 5.32 Å². The zero-order chi connectivity index (χ0) is 22.8. The number of aryl methyl sites for hydroxylation is 1. The summed E-state index contributed by atoms with van der Waals surface area (Å²) in [6.45, 7) is 6.01. The standard InChI is InChI=1S/C25H27NO5S/c1-4-32-11-10-30-25(29)21-15(3)26-18-6-5-7-19(27)23(18)22(21)17-13-31-20-9-8-14(2)12-16(20)24(17)28/h8-9,12-13,22,26H,4-7,10-11H2,1-3H3/t22-/m0/s1. The smallest absolute Gasteiger partial charge is 0.336 e. The zero-order valence-electron chi connectivity index (χ0n) is 18.6.